The van der Waals surface area contributed by atoms with E-state index in [2.05, 4.69) is 25.8 Å². The Kier molecular flexibility index (Phi) is 8.72. The van der Waals surface area contributed by atoms with Crippen LogP contribution in [0.5, 0.6) is 0 Å². The van der Waals surface area contributed by atoms with Crippen LogP contribution < -0.4 is 10.6 Å². The highest BCUT2D eigenvalue weighted by molar-refractivity contribution is 7.91. The van der Waals surface area contributed by atoms with Crippen LogP contribution in [0.1, 0.15) is 37.7 Å². The standard InChI is InChI=1S/C22H29N5O5S/c1-23-19-14-25-20(15-24-19)26-22(28)21(27-32-17-6-3-4-7-17)16-8-10-18(11-9-16)33(29,30)13-5-12-31-2/h8-11,14-15,17H,3-7,12-13H2,1-2H3,(H,23,24)(H,25,26,28)/b27-21+. The van der Waals surface area contributed by atoms with Crippen LogP contribution in [0.2, 0.25) is 0 Å². The van der Waals surface area contributed by atoms with Gasteiger partial charge in [0.25, 0.3) is 5.91 Å². The highest BCUT2D eigenvalue weighted by Gasteiger charge is 2.21. The van der Waals surface area contributed by atoms with E-state index in [0.29, 0.717) is 24.4 Å². The number of aromatic nitrogens is 2. The van der Waals surface area contributed by atoms with Crippen molar-refractivity contribution in [2.24, 2.45) is 5.16 Å². The number of nitrogens with zero attached hydrogens (tertiary/aromatic N) is 3. The zero-order valence-electron chi connectivity index (χ0n) is 18.8. The number of rotatable bonds is 11. The first-order valence-corrected chi connectivity index (χ1v) is 12.5. The van der Waals surface area contributed by atoms with Crippen LogP contribution in [0, 0.1) is 0 Å². The molecule has 3 rings (SSSR count). The van der Waals surface area contributed by atoms with Crippen molar-refractivity contribution >= 4 is 33.1 Å². The normalized spacial score (nSPS) is 14.8. The summed E-state index contributed by atoms with van der Waals surface area (Å²) in [5, 5.41) is 9.65. The molecule has 2 N–H and O–H groups in total. The van der Waals surface area contributed by atoms with Crippen LogP contribution in [-0.2, 0) is 24.2 Å². The Morgan fingerprint density at radius 3 is 2.39 bits per heavy atom. The lowest BCUT2D eigenvalue weighted by atomic mass is 10.1. The molecule has 0 spiro atoms. The molecule has 1 fully saturated rings. The molecule has 0 atom stereocenters. The summed E-state index contributed by atoms with van der Waals surface area (Å²) in [5.41, 5.74) is 0.464. The highest BCUT2D eigenvalue weighted by Crippen LogP contribution is 2.22. The average molecular weight is 476 g/mol. The van der Waals surface area contributed by atoms with Crippen molar-refractivity contribution in [3.8, 4) is 0 Å². The van der Waals surface area contributed by atoms with E-state index in [-0.39, 0.29) is 28.3 Å². The number of carbonyl (C=O) groups excluding carboxylic acids is 1. The third-order valence-corrected chi connectivity index (χ3v) is 7.02. The third kappa shape index (κ3) is 6.96. The Morgan fingerprint density at radius 1 is 1.12 bits per heavy atom. The van der Waals surface area contributed by atoms with Crippen LogP contribution in [0.4, 0.5) is 11.6 Å². The smallest absolute Gasteiger partial charge is 0.279 e. The molecule has 1 amide bonds. The summed E-state index contributed by atoms with van der Waals surface area (Å²) < 4.78 is 29.9. The summed E-state index contributed by atoms with van der Waals surface area (Å²) in [4.78, 5) is 27.1. The first-order chi connectivity index (χ1) is 15.9. The zero-order valence-corrected chi connectivity index (χ0v) is 19.6. The molecule has 1 aliphatic carbocycles. The molecular weight excluding hydrogens is 446 g/mol. The fraction of sp³-hybridized carbons (Fsp3) is 0.455. The number of nitrogens with one attached hydrogen (secondary N) is 2. The molecule has 11 heteroatoms. The van der Waals surface area contributed by atoms with Gasteiger partial charge in [0.05, 0.1) is 23.0 Å². The van der Waals surface area contributed by atoms with Crippen molar-refractivity contribution < 1.29 is 22.8 Å². The largest absolute Gasteiger partial charge is 0.392 e. The Morgan fingerprint density at radius 2 is 1.79 bits per heavy atom. The average Bonchev–Trinajstić information content (AvgIpc) is 3.34. The third-order valence-electron chi connectivity index (χ3n) is 5.21. The number of amides is 1. The van der Waals surface area contributed by atoms with Gasteiger partial charge >= 0.3 is 0 Å². The van der Waals surface area contributed by atoms with E-state index in [1.165, 1.54) is 31.6 Å². The van der Waals surface area contributed by atoms with Crippen molar-refractivity contribution in [3.05, 3.63) is 42.2 Å². The minimum atomic E-state index is -3.45. The molecular formula is C22H29N5O5S. The Balaban J connectivity index is 1.80. The van der Waals surface area contributed by atoms with Gasteiger partial charge in [0.2, 0.25) is 0 Å². The maximum atomic E-state index is 13.0. The van der Waals surface area contributed by atoms with Crippen LogP contribution >= 0.6 is 0 Å². The van der Waals surface area contributed by atoms with Crippen LogP contribution in [0.15, 0.2) is 46.7 Å². The number of methoxy groups -OCH3 is 1. The quantitative estimate of drug-likeness (QED) is 0.288. The number of benzene rings is 1. The molecule has 2 aromatic rings. The molecule has 0 aliphatic heterocycles. The SMILES string of the molecule is CNc1cnc(NC(=O)/C(=N/OC2CCCC2)c2ccc(S(=O)(=O)CCCOC)cc2)cn1. The molecule has 1 aromatic heterocycles. The molecule has 0 unspecified atom stereocenters. The highest BCUT2D eigenvalue weighted by atomic mass is 32.2. The maximum Gasteiger partial charge on any atom is 0.279 e. The fourth-order valence-electron chi connectivity index (χ4n) is 3.37. The van der Waals surface area contributed by atoms with Gasteiger partial charge in [-0.2, -0.15) is 0 Å². The van der Waals surface area contributed by atoms with E-state index in [1.54, 1.807) is 19.2 Å². The summed E-state index contributed by atoms with van der Waals surface area (Å²) in [6.45, 7) is 0.366. The topological polar surface area (TPSA) is 132 Å². The van der Waals surface area contributed by atoms with Crippen molar-refractivity contribution in [3.63, 3.8) is 0 Å². The number of hydrogen-bond acceptors (Lipinski definition) is 9. The van der Waals surface area contributed by atoms with E-state index in [0.717, 1.165) is 25.7 Å². The minimum absolute atomic E-state index is 0.0201. The molecule has 1 heterocycles. The maximum absolute atomic E-state index is 13.0. The molecule has 0 radical (unpaired) electrons. The van der Waals surface area contributed by atoms with Crippen molar-refractivity contribution in [1.29, 1.82) is 0 Å². The molecule has 1 aliphatic rings. The molecule has 178 valence electrons. The molecule has 0 bridgehead atoms. The number of carbonyl (C=O) groups is 1. The Labute approximate surface area is 193 Å². The molecule has 1 aromatic carbocycles. The van der Waals surface area contributed by atoms with Gasteiger partial charge in [-0.15, -0.1) is 0 Å². The van der Waals surface area contributed by atoms with Gasteiger partial charge in [-0.3, -0.25) is 4.79 Å². The lowest BCUT2D eigenvalue weighted by molar-refractivity contribution is -0.110. The van der Waals surface area contributed by atoms with Crippen molar-refractivity contribution in [2.75, 3.05) is 37.2 Å². The second kappa shape index (κ2) is 11.7. The van der Waals surface area contributed by atoms with Gasteiger partial charge in [0, 0.05) is 26.3 Å². The predicted octanol–water partition coefficient (Wildman–Crippen LogP) is 2.63. The second-order valence-electron chi connectivity index (χ2n) is 7.63. The summed E-state index contributed by atoms with van der Waals surface area (Å²) in [6, 6.07) is 6.04. The molecule has 10 nitrogen and oxygen atoms in total. The summed E-state index contributed by atoms with van der Waals surface area (Å²) in [7, 11) is -0.205. The van der Waals surface area contributed by atoms with Crippen LogP contribution in [0.3, 0.4) is 0 Å². The predicted molar refractivity (Wildman–Crippen MR) is 125 cm³/mol. The molecule has 33 heavy (non-hydrogen) atoms. The van der Waals surface area contributed by atoms with E-state index >= 15 is 0 Å². The van der Waals surface area contributed by atoms with Crippen LogP contribution in [0.25, 0.3) is 0 Å². The second-order valence-corrected chi connectivity index (χ2v) is 9.74. The van der Waals surface area contributed by atoms with E-state index in [1.807, 2.05) is 0 Å². The van der Waals surface area contributed by atoms with Gasteiger partial charge in [-0.25, -0.2) is 18.4 Å². The van der Waals surface area contributed by atoms with Gasteiger partial charge in [-0.05, 0) is 44.2 Å². The number of anilines is 2. The summed E-state index contributed by atoms with van der Waals surface area (Å²) >= 11 is 0. The number of sulfone groups is 1. The number of hydrogen-bond donors (Lipinski definition) is 2. The van der Waals surface area contributed by atoms with Gasteiger partial charge in [0.1, 0.15) is 11.9 Å². The zero-order chi connectivity index (χ0) is 23.7. The summed E-state index contributed by atoms with van der Waals surface area (Å²) in [6.07, 6.45) is 7.16. The monoisotopic (exact) mass is 475 g/mol. The van der Waals surface area contributed by atoms with Crippen molar-refractivity contribution in [1.82, 2.24) is 9.97 Å². The van der Waals surface area contributed by atoms with Gasteiger partial charge in [0.15, 0.2) is 21.4 Å². The van der Waals surface area contributed by atoms with Gasteiger partial charge < -0.3 is 20.2 Å². The lowest BCUT2D eigenvalue weighted by Crippen LogP contribution is -2.25. The number of oxime groups is 1. The molecule has 1 saturated carbocycles. The van der Waals surface area contributed by atoms with E-state index < -0.39 is 15.7 Å². The first kappa shape index (κ1) is 24.6. The first-order valence-electron chi connectivity index (χ1n) is 10.8. The van der Waals surface area contributed by atoms with E-state index in [4.69, 9.17) is 9.57 Å². The van der Waals surface area contributed by atoms with Crippen molar-refractivity contribution in [2.45, 2.75) is 43.1 Å². The lowest BCUT2D eigenvalue weighted by Gasteiger charge is -2.12. The van der Waals surface area contributed by atoms with Crippen LogP contribution in [-0.4, -0.2) is 62.6 Å². The Bertz CT molecular complexity index is 1050. The minimum Gasteiger partial charge on any atom is -0.392 e. The summed E-state index contributed by atoms with van der Waals surface area (Å²) in [5.74, 6) is 0.266. The van der Waals surface area contributed by atoms with Gasteiger partial charge in [-0.1, -0.05) is 17.3 Å². The number of ether oxygens (including phenoxy) is 1. The Hall–Kier alpha value is -3.05. The molecule has 0 saturated heterocycles. The fourth-order valence-corrected chi connectivity index (χ4v) is 4.66. The van der Waals surface area contributed by atoms with E-state index in [9.17, 15) is 13.2 Å².